The average molecular weight is 542 g/mol. The number of sulfonamides is 2. The van der Waals surface area contributed by atoms with E-state index in [1.807, 2.05) is 0 Å². The zero-order chi connectivity index (χ0) is 25.1. The van der Waals surface area contributed by atoms with Crippen molar-refractivity contribution in [2.75, 3.05) is 20.6 Å². The fraction of sp³-hybridized carbons (Fsp3) is 0.136. The molecule has 0 bridgehead atoms. The molecule has 0 aliphatic rings. The van der Waals surface area contributed by atoms with Gasteiger partial charge in [-0.15, -0.1) is 0 Å². The predicted octanol–water partition coefficient (Wildman–Crippen LogP) is 4.59. The molecule has 0 aromatic heterocycles. The molecule has 34 heavy (non-hydrogen) atoms. The maximum atomic E-state index is 12.8. The molecule has 8 nitrogen and oxygen atoms in total. The molecule has 0 fully saturated rings. The predicted molar refractivity (Wildman–Crippen MR) is 136 cm³/mol. The van der Waals surface area contributed by atoms with Crippen LogP contribution >= 0.6 is 23.2 Å². The van der Waals surface area contributed by atoms with Gasteiger partial charge >= 0.3 is 0 Å². The van der Waals surface area contributed by atoms with Gasteiger partial charge in [-0.3, -0.25) is 13.8 Å². The van der Waals surface area contributed by atoms with Gasteiger partial charge in [0.15, 0.2) is 0 Å². The van der Waals surface area contributed by atoms with Gasteiger partial charge < -0.3 is 5.32 Å². The summed E-state index contributed by atoms with van der Waals surface area (Å²) >= 11 is 11.9. The average Bonchev–Trinajstić information content (AvgIpc) is 2.76. The van der Waals surface area contributed by atoms with Gasteiger partial charge in [0.2, 0.25) is 15.9 Å². The van der Waals surface area contributed by atoms with E-state index >= 15 is 0 Å². The van der Waals surface area contributed by atoms with Gasteiger partial charge in [0.1, 0.15) is 6.04 Å². The molecule has 0 spiro atoms. The smallest absolute Gasteiger partial charge is 0.261 e. The second-order valence-electron chi connectivity index (χ2n) is 7.31. The highest BCUT2D eigenvalue weighted by atomic mass is 35.5. The number of nitrogens with zero attached hydrogens (tertiary/aromatic N) is 1. The quantitative estimate of drug-likeness (QED) is 0.433. The van der Waals surface area contributed by atoms with Crippen molar-refractivity contribution in [1.82, 2.24) is 0 Å². The van der Waals surface area contributed by atoms with Gasteiger partial charge in [0.25, 0.3) is 10.0 Å². The number of halogens is 2. The SMILES string of the molecule is CC(C(=O)Nc1ccc(S(=O)(=O)Nc2ccc(Cl)cc2Cl)cc1)N(c1ccccc1)S(C)(=O)=O. The molecular weight excluding hydrogens is 521 g/mol. The molecule has 3 aromatic carbocycles. The number of carbonyl (C=O) groups is 1. The highest BCUT2D eigenvalue weighted by Gasteiger charge is 2.29. The number of para-hydroxylation sites is 1. The zero-order valence-corrected chi connectivity index (χ0v) is 21.2. The number of nitrogens with one attached hydrogen (secondary N) is 2. The summed E-state index contributed by atoms with van der Waals surface area (Å²) in [5, 5.41) is 3.12. The maximum Gasteiger partial charge on any atom is 0.261 e. The second kappa shape index (κ2) is 10.2. The van der Waals surface area contributed by atoms with Gasteiger partial charge in [-0.05, 0) is 61.5 Å². The Bertz CT molecular complexity index is 1400. The van der Waals surface area contributed by atoms with Gasteiger partial charge in [0, 0.05) is 10.7 Å². The molecule has 12 heteroatoms. The summed E-state index contributed by atoms with van der Waals surface area (Å²) < 4.78 is 53.4. The first kappa shape index (κ1) is 25.8. The minimum Gasteiger partial charge on any atom is -0.324 e. The minimum atomic E-state index is -3.96. The molecule has 0 heterocycles. The molecule has 3 rings (SSSR count). The van der Waals surface area contributed by atoms with Crippen molar-refractivity contribution < 1.29 is 21.6 Å². The molecule has 3 aromatic rings. The Morgan fingerprint density at radius 3 is 2.09 bits per heavy atom. The number of hydrogen-bond acceptors (Lipinski definition) is 5. The summed E-state index contributed by atoms with van der Waals surface area (Å²) in [6.45, 7) is 1.46. The molecular formula is C22H21Cl2N3O5S2. The Balaban J connectivity index is 1.76. The zero-order valence-electron chi connectivity index (χ0n) is 18.1. The van der Waals surface area contributed by atoms with Crippen LogP contribution in [0, 0.1) is 0 Å². The standard InChI is InChI=1S/C22H21Cl2N3O5S2/c1-15(27(33(2,29)30)18-6-4-3-5-7-18)22(28)25-17-9-11-19(12-10-17)34(31,32)26-21-13-8-16(23)14-20(21)24/h3-15,26H,1-2H3,(H,25,28). The normalized spacial score (nSPS) is 12.6. The summed E-state index contributed by atoms with van der Waals surface area (Å²) in [5.74, 6) is -0.587. The van der Waals surface area contributed by atoms with E-state index in [0.717, 1.165) is 10.6 Å². The van der Waals surface area contributed by atoms with E-state index in [1.165, 1.54) is 49.4 Å². The molecule has 180 valence electrons. The summed E-state index contributed by atoms with van der Waals surface area (Å²) in [5.41, 5.74) is 0.807. The summed E-state index contributed by atoms with van der Waals surface area (Å²) in [6, 6.07) is 16.9. The van der Waals surface area contributed by atoms with Crippen LogP contribution in [0.5, 0.6) is 0 Å². The summed E-state index contributed by atoms with van der Waals surface area (Å²) in [4.78, 5) is 12.7. The fourth-order valence-electron chi connectivity index (χ4n) is 3.12. The molecule has 0 aliphatic heterocycles. The van der Waals surface area contributed by atoms with Crippen LogP contribution in [0.3, 0.4) is 0 Å². The van der Waals surface area contributed by atoms with E-state index in [1.54, 1.807) is 30.3 Å². The highest BCUT2D eigenvalue weighted by molar-refractivity contribution is 7.92. The Labute approximate surface area is 208 Å². The van der Waals surface area contributed by atoms with Crippen molar-refractivity contribution in [3.05, 3.63) is 82.8 Å². The number of anilines is 3. The summed E-state index contributed by atoms with van der Waals surface area (Å²) in [6.07, 6.45) is 1.02. The van der Waals surface area contributed by atoms with Crippen molar-refractivity contribution in [1.29, 1.82) is 0 Å². The lowest BCUT2D eigenvalue weighted by atomic mass is 10.2. The van der Waals surface area contributed by atoms with E-state index in [9.17, 15) is 21.6 Å². The second-order valence-corrected chi connectivity index (χ2v) is 11.7. The van der Waals surface area contributed by atoms with E-state index < -0.39 is 32.0 Å². The van der Waals surface area contributed by atoms with Crippen LogP contribution in [0.4, 0.5) is 17.1 Å². The first-order valence-corrected chi connectivity index (χ1v) is 13.9. The van der Waals surface area contributed by atoms with E-state index in [-0.39, 0.29) is 15.6 Å². The molecule has 1 unspecified atom stereocenters. The minimum absolute atomic E-state index is 0.0633. The van der Waals surface area contributed by atoms with Crippen LogP contribution in [0.2, 0.25) is 10.0 Å². The topological polar surface area (TPSA) is 113 Å². The number of carbonyl (C=O) groups excluding carboxylic acids is 1. The lowest BCUT2D eigenvalue weighted by Crippen LogP contribution is -2.45. The third-order valence-electron chi connectivity index (χ3n) is 4.71. The van der Waals surface area contributed by atoms with Crippen molar-refractivity contribution in [3.8, 4) is 0 Å². The lowest BCUT2D eigenvalue weighted by Gasteiger charge is -2.28. The summed E-state index contributed by atoms with van der Waals surface area (Å²) in [7, 11) is -7.71. The molecule has 1 amide bonds. The van der Waals surface area contributed by atoms with Crippen molar-refractivity contribution in [2.24, 2.45) is 0 Å². The Kier molecular flexibility index (Phi) is 7.77. The third kappa shape index (κ3) is 6.20. The van der Waals surface area contributed by atoms with Crippen molar-refractivity contribution in [3.63, 3.8) is 0 Å². The van der Waals surface area contributed by atoms with E-state index in [4.69, 9.17) is 23.2 Å². The number of hydrogen-bond donors (Lipinski definition) is 2. The number of benzene rings is 3. The largest absolute Gasteiger partial charge is 0.324 e. The van der Waals surface area contributed by atoms with Crippen LogP contribution in [-0.2, 0) is 24.8 Å². The first-order chi connectivity index (χ1) is 15.9. The third-order valence-corrected chi connectivity index (χ3v) is 7.88. The van der Waals surface area contributed by atoms with Crippen LogP contribution in [0.1, 0.15) is 6.92 Å². The van der Waals surface area contributed by atoms with Crippen LogP contribution in [0.25, 0.3) is 0 Å². The van der Waals surface area contributed by atoms with Crippen molar-refractivity contribution >= 4 is 66.2 Å². The molecule has 1 atom stereocenters. The van der Waals surface area contributed by atoms with Crippen LogP contribution in [0.15, 0.2) is 77.7 Å². The van der Waals surface area contributed by atoms with Crippen LogP contribution in [-0.4, -0.2) is 35.0 Å². The molecule has 0 radical (unpaired) electrons. The maximum absolute atomic E-state index is 12.8. The Hall–Kier alpha value is -2.79. The monoisotopic (exact) mass is 541 g/mol. The molecule has 2 N–H and O–H groups in total. The van der Waals surface area contributed by atoms with E-state index in [0.29, 0.717) is 16.4 Å². The first-order valence-electron chi connectivity index (χ1n) is 9.82. The molecule has 0 aliphatic carbocycles. The highest BCUT2D eigenvalue weighted by Crippen LogP contribution is 2.28. The van der Waals surface area contributed by atoms with Crippen LogP contribution < -0.4 is 14.3 Å². The van der Waals surface area contributed by atoms with Gasteiger partial charge in [-0.2, -0.15) is 0 Å². The Morgan fingerprint density at radius 2 is 1.53 bits per heavy atom. The van der Waals surface area contributed by atoms with Crippen molar-refractivity contribution in [2.45, 2.75) is 17.9 Å². The molecule has 0 saturated carbocycles. The fourth-order valence-corrected chi connectivity index (χ4v) is 5.89. The Morgan fingerprint density at radius 1 is 0.912 bits per heavy atom. The van der Waals surface area contributed by atoms with Gasteiger partial charge in [-0.25, -0.2) is 16.8 Å². The van der Waals surface area contributed by atoms with Gasteiger partial charge in [-0.1, -0.05) is 41.4 Å². The lowest BCUT2D eigenvalue weighted by molar-refractivity contribution is -0.116. The van der Waals surface area contributed by atoms with E-state index in [2.05, 4.69) is 10.0 Å². The number of amides is 1. The van der Waals surface area contributed by atoms with Gasteiger partial charge in [0.05, 0.1) is 27.5 Å². The number of rotatable bonds is 8. The molecule has 0 saturated heterocycles.